The number of anilines is 1. The van der Waals surface area contributed by atoms with Crippen LogP contribution < -0.4 is 22.4 Å². The van der Waals surface area contributed by atoms with E-state index in [2.05, 4.69) is 5.43 Å². The van der Waals surface area contributed by atoms with Crippen LogP contribution in [0.2, 0.25) is 0 Å². The SMILES string of the molecule is CCCn1c(=O)c(C2(C3CC3)CC2)c(N)n(NC(C)=O)c1=O. The number of carbonyl (C=O) groups excluding carboxylic acids is 1. The van der Waals surface area contributed by atoms with E-state index < -0.39 is 11.6 Å². The molecule has 0 bridgehead atoms. The molecule has 22 heavy (non-hydrogen) atoms. The molecule has 0 spiro atoms. The maximum Gasteiger partial charge on any atom is 0.351 e. The first kappa shape index (κ1) is 14.9. The Morgan fingerprint density at radius 2 is 2.00 bits per heavy atom. The fraction of sp³-hybridized carbons (Fsp3) is 0.667. The molecule has 0 unspecified atom stereocenters. The first-order valence-electron chi connectivity index (χ1n) is 7.85. The van der Waals surface area contributed by atoms with Crippen molar-refractivity contribution in [3.05, 3.63) is 26.4 Å². The third kappa shape index (κ3) is 2.15. The zero-order valence-electron chi connectivity index (χ0n) is 13.0. The zero-order valence-corrected chi connectivity index (χ0v) is 13.0. The van der Waals surface area contributed by atoms with Gasteiger partial charge in [0.2, 0.25) is 5.91 Å². The molecule has 120 valence electrons. The minimum atomic E-state index is -0.574. The molecule has 0 saturated heterocycles. The topological polar surface area (TPSA) is 99.1 Å². The van der Waals surface area contributed by atoms with Gasteiger partial charge in [-0.3, -0.25) is 19.6 Å². The van der Waals surface area contributed by atoms with Crippen LogP contribution in [0.25, 0.3) is 0 Å². The Balaban J connectivity index is 2.24. The van der Waals surface area contributed by atoms with Crippen LogP contribution in [0.3, 0.4) is 0 Å². The van der Waals surface area contributed by atoms with Crippen LogP contribution >= 0.6 is 0 Å². The number of nitrogens with one attached hydrogen (secondary N) is 1. The molecule has 1 heterocycles. The van der Waals surface area contributed by atoms with Crippen LogP contribution in [0.5, 0.6) is 0 Å². The fourth-order valence-corrected chi connectivity index (χ4v) is 3.45. The molecule has 7 heteroatoms. The Morgan fingerprint density at radius 1 is 1.36 bits per heavy atom. The number of nitrogens with two attached hydrogens (primary N) is 1. The molecule has 0 atom stereocenters. The average molecular weight is 306 g/mol. The van der Waals surface area contributed by atoms with E-state index >= 15 is 0 Å². The Labute approximate surface area is 128 Å². The Kier molecular flexibility index (Phi) is 3.38. The predicted molar refractivity (Wildman–Crippen MR) is 83.3 cm³/mol. The number of hydrogen-bond acceptors (Lipinski definition) is 4. The molecular formula is C15H22N4O3. The highest BCUT2D eigenvalue weighted by atomic mass is 16.2. The second-order valence-electron chi connectivity index (χ2n) is 6.43. The van der Waals surface area contributed by atoms with Crippen molar-refractivity contribution in [2.24, 2.45) is 5.92 Å². The van der Waals surface area contributed by atoms with Gasteiger partial charge in [0.15, 0.2) is 0 Å². The maximum absolute atomic E-state index is 12.8. The summed E-state index contributed by atoms with van der Waals surface area (Å²) in [7, 11) is 0. The van der Waals surface area contributed by atoms with Crippen LogP contribution in [0.4, 0.5) is 5.82 Å². The van der Waals surface area contributed by atoms with E-state index in [9.17, 15) is 14.4 Å². The number of hydrogen-bond donors (Lipinski definition) is 2. The molecule has 0 aliphatic heterocycles. The van der Waals surface area contributed by atoms with Crippen LogP contribution in [0, 0.1) is 5.92 Å². The van der Waals surface area contributed by atoms with Gasteiger partial charge >= 0.3 is 5.69 Å². The van der Waals surface area contributed by atoms with E-state index in [0.29, 0.717) is 24.4 Å². The first-order chi connectivity index (χ1) is 10.4. The van der Waals surface area contributed by atoms with Crippen molar-refractivity contribution in [2.45, 2.75) is 57.9 Å². The highest BCUT2D eigenvalue weighted by Crippen LogP contribution is 2.62. The van der Waals surface area contributed by atoms with Crippen LogP contribution in [0.15, 0.2) is 9.59 Å². The fourth-order valence-electron chi connectivity index (χ4n) is 3.45. The third-order valence-electron chi connectivity index (χ3n) is 4.74. The van der Waals surface area contributed by atoms with Gasteiger partial charge in [0.05, 0.1) is 5.56 Å². The van der Waals surface area contributed by atoms with Crippen molar-refractivity contribution in [2.75, 3.05) is 11.2 Å². The monoisotopic (exact) mass is 306 g/mol. The number of amides is 1. The number of nitrogen functional groups attached to an aromatic ring is 1. The summed E-state index contributed by atoms with van der Waals surface area (Å²) in [6.45, 7) is 3.54. The minimum absolute atomic E-state index is 0.0990. The van der Waals surface area contributed by atoms with E-state index in [4.69, 9.17) is 5.73 Å². The summed E-state index contributed by atoms with van der Waals surface area (Å²) in [4.78, 5) is 36.6. The normalized spacial score (nSPS) is 19.0. The molecular weight excluding hydrogens is 284 g/mol. The van der Waals surface area contributed by atoms with Crippen molar-refractivity contribution in [3.8, 4) is 0 Å². The number of nitrogens with zero attached hydrogens (tertiary/aromatic N) is 2. The van der Waals surface area contributed by atoms with Gasteiger partial charge < -0.3 is 5.73 Å². The van der Waals surface area contributed by atoms with Gasteiger partial charge in [-0.25, -0.2) is 4.79 Å². The highest BCUT2D eigenvalue weighted by Gasteiger charge is 2.57. The lowest BCUT2D eigenvalue weighted by Crippen LogP contribution is -2.48. The lowest BCUT2D eigenvalue weighted by molar-refractivity contribution is -0.115. The third-order valence-corrected chi connectivity index (χ3v) is 4.74. The second-order valence-corrected chi connectivity index (χ2v) is 6.43. The molecule has 2 fully saturated rings. The van der Waals surface area contributed by atoms with Crippen LogP contribution in [-0.4, -0.2) is 15.2 Å². The summed E-state index contributed by atoms with van der Waals surface area (Å²) >= 11 is 0. The summed E-state index contributed by atoms with van der Waals surface area (Å²) in [5, 5.41) is 0. The van der Waals surface area contributed by atoms with Gasteiger partial charge in [-0.2, -0.15) is 4.68 Å². The van der Waals surface area contributed by atoms with Gasteiger partial charge in [0, 0.05) is 18.9 Å². The summed E-state index contributed by atoms with van der Waals surface area (Å²) in [6, 6.07) is 0. The Bertz CT molecular complexity index is 738. The minimum Gasteiger partial charge on any atom is -0.383 e. The molecule has 1 aromatic heterocycles. The maximum atomic E-state index is 12.8. The van der Waals surface area contributed by atoms with Crippen molar-refractivity contribution >= 4 is 11.7 Å². The Morgan fingerprint density at radius 3 is 2.45 bits per heavy atom. The molecule has 3 N–H and O–H groups in total. The van der Waals surface area contributed by atoms with Crippen molar-refractivity contribution in [1.82, 2.24) is 9.24 Å². The lowest BCUT2D eigenvalue weighted by atomic mass is 9.92. The summed E-state index contributed by atoms with van der Waals surface area (Å²) in [5.74, 6) is 0.195. The largest absolute Gasteiger partial charge is 0.383 e. The Hall–Kier alpha value is -2.05. The molecule has 1 aromatic rings. The molecule has 3 rings (SSSR count). The summed E-state index contributed by atoms with van der Waals surface area (Å²) < 4.78 is 2.24. The predicted octanol–water partition coefficient (Wildman–Crippen LogP) is 0.534. The van der Waals surface area contributed by atoms with Gasteiger partial charge in [-0.15, -0.1) is 0 Å². The number of carbonyl (C=O) groups is 1. The first-order valence-corrected chi connectivity index (χ1v) is 7.85. The van der Waals surface area contributed by atoms with Gasteiger partial charge in [0.25, 0.3) is 5.56 Å². The standard InChI is InChI=1S/C15H22N4O3/c1-3-8-18-13(21)11(15(6-7-15)10-4-5-10)12(16)19(14(18)22)17-9(2)20/h10H,3-8,16H2,1-2H3,(H,17,20). The van der Waals surface area contributed by atoms with Gasteiger partial charge in [0.1, 0.15) is 5.82 Å². The second kappa shape index (κ2) is 5.00. The summed E-state index contributed by atoms with van der Waals surface area (Å²) in [6.07, 6.45) is 4.73. The smallest absolute Gasteiger partial charge is 0.351 e. The molecule has 0 radical (unpaired) electrons. The highest BCUT2D eigenvalue weighted by molar-refractivity contribution is 5.81. The molecule has 7 nitrogen and oxygen atoms in total. The van der Waals surface area contributed by atoms with Crippen molar-refractivity contribution in [1.29, 1.82) is 0 Å². The summed E-state index contributed by atoms with van der Waals surface area (Å²) in [5.41, 5.74) is 8.06. The van der Waals surface area contributed by atoms with E-state index in [0.717, 1.165) is 30.4 Å². The van der Waals surface area contributed by atoms with Crippen LogP contribution in [-0.2, 0) is 16.8 Å². The molecule has 0 aromatic carbocycles. The molecule has 2 saturated carbocycles. The number of aromatic nitrogens is 2. The van der Waals surface area contributed by atoms with E-state index in [1.54, 1.807) is 0 Å². The quantitative estimate of drug-likeness (QED) is 0.829. The zero-order chi connectivity index (χ0) is 16.1. The van der Waals surface area contributed by atoms with E-state index in [1.807, 2.05) is 6.92 Å². The van der Waals surface area contributed by atoms with E-state index in [-0.39, 0.29) is 16.8 Å². The van der Waals surface area contributed by atoms with Crippen molar-refractivity contribution in [3.63, 3.8) is 0 Å². The van der Waals surface area contributed by atoms with Gasteiger partial charge in [-0.1, -0.05) is 6.92 Å². The van der Waals surface area contributed by atoms with Crippen LogP contribution in [0.1, 0.15) is 51.5 Å². The van der Waals surface area contributed by atoms with Crippen molar-refractivity contribution < 1.29 is 4.79 Å². The van der Waals surface area contributed by atoms with Gasteiger partial charge in [-0.05, 0) is 38.0 Å². The number of rotatable bonds is 5. The molecule has 2 aliphatic rings. The molecule has 2 aliphatic carbocycles. The average Bonchev–Trinajstić information content (AvgIpc) is 3.31. The van der Waals surface area contributed by atoms with E-state index in [1.165, 1.54) is 11.5 Å². The lowest BCUT2D eigenvalue weighted by Gasteiger charge is -2.21. The molecule has 1 amide bonds.